The third-order valence-corrected chi connectivity index (χ3v) is 6.88. The van der Waals surface area contributed by atoms with E-state index in [9.17, 15) is 14.0 Å². The van der Waals surface area contributed by atoms with Gasteiger partial charge in [0.15, 0.2) is 11.5 Å². The Morgan fingerprint density at radius 3 is 2.47 bits per heavy atom. The molecule has 1 heterocycles. The number of carbonyl (C=O) groups excluding carboxylic acids is 2. The summed E-state index contributed by atoms with van der Waals surface area (Å²) in [7, 11) is 0. The number of thioether (sulfide) groups is 1. The van der Waals surface area contributed by atoms with Crippen LogP contribution in [0.2, 0.25) is 0 Å². The third kappa shape index (κ3) is 6.92. The Morgan fingerprint density at radius 1 is 1.00 bits per heavy atom. The highest BCUT2D eigenvalue weighted by molar-refractivity contribution is 8.18. The molecule has 7 heteroatoms. The Morgan fingerprint density at radius 2 is 1.76 bits per heavy atom. The second kappa shape index (κ2) is 13.1. The fourth-order valence-corrected chi connectivity index (χ4v) is 5.03. The van der Waals surface area contributed by atoms with Crippen LogP contribution in [0.4, 0.5) is 9.18 Å². The van der Waals surface area contributed by atoms with Crippen molar-refractivity contribution in [1.29, 1.82) is 0 Å². The molecule has 0 aliphatic carbocycles. The van der Waals surface area contributed by atoms with Gasteiger partial charge in [0.25, 0.3) is 11.1 Å². The van der Waals surface area contributed by atoms with E-state index in [1.165, 1.54) is 22.6 Å². The molecule has 0 spiro atoms. The maximum Gasteiger partial charge on any atom is 0.293 e. The predicted molar refractivity (Wildman–Crippen MR) is 150 cm³/mol. The molecule has 5 nitrogen and oxygen atoms in total. The van der Waals surface area contributed by atoms with E-state index in [4.69, 9.17) is 9.47 Å². The van der Waals surface area contributed by atoms with Crippen molar-refractivity contribution in [1.82, 2.24) is 4.90 Å². The predicted octanol–water partition coefficient (Wildman–Crippen LogP) is 7.20. The van der Waals surface area contributed by atoms with Gasteiger partial charge in [-0.2, -0.15) is 0 Å². The average Bonchev–Trinajstić information content (AvgIpc) is 3.17. The highest BCUT2D eigenvalue weighted by Gasteiger charge is 2.34. The van der Waals surface area contributed by atoms with Crippen LogP contribution in [0, 0.1) is 5.82 Å². The van der Waals surface area contributed by atoms with Gasteiger partial charge in [-0.25, -0.2) is 4.39 Å². The molecule has 0 saturated carbocycles. The number of hydrogen-bond donors (Lipinski definition) is 0. The quantitative estimate of drug-likeness (QED) is 0.183. The lowest BCUT2D eigenvalue weighted by molar-refractivity contribution is -0.122. The zero-order chi connectivity index (χ0) is 26.9. The molecule has 0 N–H and O–H groups in total. The van der Waals surface area contributed by atoms with E-state index in [1.54, 1.807) is 30.4 Å². The highest BCUT2D eigenvalue weighted by Crippen LogP contribution is 2.38. The van der Waals surface area contributed by atoms with Crippen molar-refractivity contribution in [2.75, 3.05) is 13.2 Å². The summed E-state index contributed by atoms with van der Waals surface area (Å²) in [6, 6.07) is 19.9. The number of rotatable bonds is 12. The van der Waals surface area contributed by atoms with Crippen LogP contribution in [0.3, 0.4) is 0 Å². The van der Waals surface area contributed by atoms with Gasteiger partial charge in [-0.05, 0) is 85.0 Å². The van der Waals surface area contributed by atoms with Crippen molar-refractivity contribution in [3.8, 4) is 11.5 Å². The van der Waals surface area contributed by atoms with Crippen molar-refractivity contribution in [3.05, 3.63) is 112 Å². The first-order valence-corrected chi connectivity index (χ1v) is 13.4. The van der Waals surface area contributed by atoms with Crippen molar-refractivity contribution in [2.45, 2.75) is 32.8 Å². The van der Waals surface area contributed by atoms with Crippen LogP contribution in [0.5, 0.6) is 11.5 Å². The number of imide groups is 1. The molecule has 2 amide bonds. The number of carbonyl (C=O) groups is 2. The van der Waals surface area contributed by atoms with E-state index in [0.717, 1.165) is 34.9 Å². The molecule has 1 fully saturated rings. The monoisotopic (exact) mass is 531 g/mol. The van der Waals surface area contributed by atoms with Crippen LogP contribution in [0.15, 0.2) is 84.3 Å². The molecule has 38 heavy (non-hydrogen) atoms. The van der Waals surface area contributed by atoms with E-state index in [-0.39, 0.29) is 23.6 Å². The number of hydrogen-bond acceptors (Lipinski definition) is 5. The lowest BCUT2D eigenvalue weighted by Gasteiger charge is -2.17. The summed E-state index contributed by atoms with van der Waals surface area (Å²) in [5, 5.41) is -0.259. The van der Waals surface area contributed by atoms with Crippen LogP contribution >= 0.6 is 11.8 Å². The molecule has 0 unspecified atom stereocenters. The Kier molecular flexibility index (Phi) is 9.38. The highest BCUT2D eigenvalue weighted by atomic mass is 32.2. The first-order valence-electron chi connectivity index (χ1n) is 12.6. The number of ether oxygens (including phenoxy) is 2. The number of nitrogens with zero attached hydrogens (tertiary/aromatic N) is 1. The van der Waals surface area contributed by atoms with E-state index in [1.807, 2.05) is 43.3 Å². The van der Waals surface area contributed by atoms with Gasteiger partial charge in [0.05, 0.1) is 11.5 Å². The molecule has 0 aromatic heterocycles. The molecule has 1 aliphatic rings. The van der Waals surface area contributed by atoms with Crippen molar-refractivity contribution in [2.24, 2.45) is 0 Å². The first kappa shape index (κ1) is 27.2. The Bertz CT molecular complexity index is 1320. The molecular weight excluding hydrogens is 501 g/mol. The number of aryl methyl sites for hydroxylation is 1. The fraction of sp³-hybridized carbons (Fsp3) is 0.226. The molecule has 196 valence electrons. The maximum absolute atomic E-state index is 13.3. The molecule has 0 radical (unpaired) electrons. The second-order valence-corrected chi connectivity index (χ2v) is 9.76. The van der Waals surface area contributed by atoms with Gasteiger partial charge in [0, 0.05) is 12.1 Å². The molecule has 4 rings (SSSR count). The minimum absolute atomic E-state index is 0.242. The smallest absolute Gasteiger partial charge is 0.293 e. The van der Waals surface area contributed by atoms with E-state index in [0.29, 0.717) is 42.4 Å². The minimum atomic E-state index is -0.305. The average molecular weight is 532 g/mol. The summed E-state index contributed by atoms with van der Waals surface area (Å²) >= 11 is 0.950. The van der Waals surface area contributed by atoms with Crippen LogP contribution in [-0.2, 0) is 24.2 Å². The summed E-state index contributed by atoms with van der Waals surface area (Å²) in [4.78, 5) is 27.3. The number of allylic oxidation sites excluding steroid dienone is 1. The summed E-state index contributed by atoms with van der Waals surface area (Å²) in [6.07, 6.45) is 5.50. The third-order valence-electron chi connectivity index (χ3n) is 5.98. The molecule has 1 aliphatic heterocycles. The van der Waals surface area contributed by atoms with Crippen LogP contribution in [-0.4, -0.2) is 29.2 Å². The van der Waals surface area contributed by atoms with Gasteiger partial charge in [0.1, 0.15) is 12.4 Å². The zero-order valence-electron chi connectivity index (χ0n) is 21.3. The van der Waals surface area contributed by atoms with Gasteiger partial charge >= 0.3 is 0 Å². The summed E-state index contributed by atoms with van der Waals surface area (Å²) in [5.41, 5.74) is 3.56. The summed E-state index contributed by atoms with van der Waals surface area (Å²) in [6.45, 7) is 6.77. The van der Waals surface area contributed by atoms with Crippen LogP contribution < -0.4 is 9.47 Å². The number of amides is 2. The SMILES string of the molecule is C=CCc1cc(/C=C2/SC(=O)N(CCCc3ccccc3)C2=O)cc(OCC)c1OCc1ccc(F)cc1. The van der Waals surface area contributed by atoms with E-state index in [2.05, 4.69) is 6.58 Å². The lowest BCUT2D eigenvalue weighted by Crippen LogP contribution is -2.29. The molecular formula is C31H30FNO4S. The molecule has 3 aromatic carbocycles. The molecule has 3 aromatic rings. The van der Waals surface area contributed by atoms with Crippen molar-refractivity contribution >= 4 is 29.0 Å². The minimum Gasteiger partial charge on any atom is -0.490 e. The number of benzene rings is 3. The number of halogens is 1. The van der Waals surface area contributed by atoms with Gasteiger partial charge in [0.2, 0.25) is 0 Å². The van der Waals surface area contributed by atoms with Crippen molar-refractivity contribution < 1.29 is 23.5 Å². The van der Waals surface area contributed by atoms with Crippen LogP contribution in [0.1, 0.15) is 35.6 Å². The second-order valence-electron chi connectivity index (χ2n) is 8.77. The van der Waals surface area contributed by atoms with Gasteiger partial charge in [-0.3, -0.25) is 14.5 Å². The van der Waals surface area contributed by atoms with Gasteiger partial charge in [-0.1, -0.05) is 48.5 Å². The molecule has 0 bridgehead atoms. The molecule has 0 atom stereocenters. The van der Waals surface area contributed by atoms with Gasteiger partial charge in [-0.15, -0.1) is 6.58 Å². The van der Waals surface area contributed by atoms with Crippen molar-refractivity contribution in [3.63, 3.8) is 0 Å². The first-order chi connectivity index (χ1) is 18.5. The molecule has 1 saturated heterocycles. The van der Waals surface area contributed by atoms with E-state index >= 15 is 0 Å². The zero-order valence-corrected chi connectivity index (χ0v) is 22.1. The fourth-order valence-electron chi connectivity index (χ4n) is 4.17. The van der Waals surface area contributed by atoms with Gasteiger partial charge < -0.3 is 9.47 Å². The van der Waals surface area contributed by atoms with Crippen LogP contribution in [0.25, 0.3) is 6.08 Å². The summed E-state index contributed by atoms with van der Waals surface area (Å²) in [5.74, 6) is 0.513. The standard InChI is InChI=1S/C31H30FNO4S/c1-3-9-25-18-24(19-27(36-4-2)29(25)37-21-23-13-15-26(32)16-14-23)20-28-30(34)33(31(35)38-28)17-8-12-22-10-6-5-7-11-22/h3,5-7,10-11,13-16,18-20H,1,4,8-9,12,17,21H2,2H3/b28-20+. The Balaban J connectivity index is 1.52. The normalized spacial score (nSPS) is 14.3. The van der Waals surface area contributed by atoms with E-state index < -0.39 is 0 Å². The summed E-state index contributed by atoms with van der Waals surface area (Å²) < 4.78 is 25.3. The Hall–Kier alpha value is -3.84. The topological polar surface area (TPSA) is 55.8 Å². The maximum atomic E-state index is 13.3. The lowest BCUT2D eigenvalue weighted by atomic mass is 10.0. The Labute approximate surface area is 227 Å². The largest absolute Gasteiger partial charge is 0.490 e.